The van der Waals surface area contributed by atoms with E-state index in [0.717, 1.165) is 22.4 Å². The summed E-state index contributed by atoms with van der Waals surface area (Å²) in [6, 6.07) is 11.3. The highest BCUT2D eigenvalue weighted by atomic mass is 16.5. The summed E-state index contributed by atoms with van der Waals surface area (Å²) < 4.78 is 10.5. The van der Waals surface area contributed by atoms with E-state index in [2.05, 4.69) is 5.32 Å². The van der Waals surface area contributed by atoms with Gasteiger partial charge in [-0.05, 0) is 49.2 Å². The van der Waals surface area contributed by atoms with Crippen LogP contribution in [0.3, 0.4) is 0 Å². The van der Waals surface area contributed by atoms with Crippen molar-refractivity contribution >= 4 is 17.7 Å². The summed E-state index contributed by atoms with van der Waals surface area (Å²) in [5.41, 5.74) is 3.84. The lowest BCUT2D eigenvalue weighted by atomic mass is 10.1. The Balaban J connectivity index is 2.14. The van der Waals surface area contributed by atoms with Crippen molar-refractivity contribution in [1.29, 1.82) is 0 Å². The van der Waals surface area contributed by atoms with Crippen molar-refractivity contribution in [2.45, 2.75) is 13.8 Å². The predicted octanol–water partition coefficient (Wildman–Crippen LogP) is 3.97. The van der Waals surface area contributed by atoms with Crippen LogP contribution in [0, 0.1) is 13.8 Å². The summed E-state index contributed by atoms with van der Waals surface area (Å²) in [6.07, 6.45) is 3.21. The molecule has 0 saturated heterocycles. The number of rotatable bonds is 5. The Morgan fingerprint density at radius 3 is 2.57 bits per heavy atom. The molecule has 23 heavy (non-hydrogen) atoms. The normalized spacial score (nSPS) is 10.6. The van der Waals surface area contributed by atoms with E-state index in [9.17, 15) is 4.79 Å². The summed E-state index contributed by atoms with van der Waals surface area (Å²) in [7, 11) is 3.18. The van der Waals surface area contributed by atoms with Crippen molar-refractivity contribution in [1.82, 2.24) is 0 Å². The molecule has 0 fully saturated rings. The molecule has 0 saturated carbocycles. The number of benzene rings is 2. The molecule has 0 bridgehead atoms. The molecule has 2 aromatic carbocycles. The summed E-state index contributed by atoms with van der Waals surface area (Å²) in [4.78, 5) is 12.1. The Hall–Kier alpha value is -2.75. The zero-order valence-corrected chi connectivity index (χ0v) is 13.8. The molecule has 0 aliphatic rings. The highest BCUT2D eigenvalue weighted by Gasteiger charge is 2.05. The Kier molecular flexibility index (Phi) is 5.41. The summed E-state index contributed by atoms with van der Waals surface area (Å²) in [5, 5.41) is 2.89. The number of aryl methyl sites for hydroxylation is 1. The lowest BCUT2D eigenvalue weighted by Gasteiger charge is -2.09. The SMILES string of the molecule is COc1ccc(/C=C/C(=O)Nc2cccc(C)c2C)c(OC)c1. The molecule has 4 nitrogen and oxygen atoms in total. The van der Waals surface area contributed by atoms with Gasteiger partial charge in [-0.25, -0.2) is 0 Å². The van der Waals surface area contributed by atoms with Crippen molar-refractivity contribution in [2.75, 3.05) is 19.5 Å². The minimum Gasteiger partial charge on any atom is -0.497 e. The van der Waals surface area contributed by atoms with Crippen LogP contribution in [0.1, 0.15) is 16.7 Å². The first kappa shape index (κ1) is 16.6. The lowest BCUT2D eigenvalue weighted by Crippen LogP contribution is -2.09. The van der Waals surface area contributed by atoms with Crippen LogP contribution < -0.4 is 14.8 Å². The van der Waals surface area contributed by atoms with Crippen molar-refractivity contribution < 1.29 is 14.3 Å². The first-order chi connectivity index (χ1) is 11.0. The Bertz CT molecular complexity index is 735. The van der Waals surface area contributed by atoms with Crippen molar-refractivity contribution in [3.63, 3.8) is 0 Å². The molecule has 120 valence electrons. The molecular formula is C19H21NO3. The van der Waals surface area contributed by atoms with Gasteiger partial charge in [-0.3, -0.25) is 4.79 Å². The van der Waals surface area contributed by atoms with E-state index in [1.165, 1.54) is 6.08 Å². The van der Waals surface area contributed by atoms with Crippen LogP contribution in [0.5, 0.6) is 11.5 Å². The standard InChI is InChI=1S/C19H21NO3/c1-13-6-5-7-17(14(13)2)20-19(21)11-9-15-8-10-16(22-3)12-18(15)23-4/h5-12H,1-4H3,(H,20,21)/b11-9+. The van der Waals surface area contributed by atoms with E-state index in [1.807, 2.05) is 44.2 Å². The minimum absolute atomic E-state index is 0.184. The molecule has 0 aliphatic carbocycles. The zero-order valence-electron chi connectivity index (χ0n) is 13.8. The number of hydrogen-bond acceptors (Lipinski definition) is 3. The summed E-state index contributed by atoms with van der Waals surface area (Å²) in [6.45, 7) is 4.00. The van der Waals surface area contributed by atoms with Crippen molar-refractivity contribution in [2.24, 2.45) is 0 Å². The first-order valence-electron chi connectivity index (χ1n) is 7.32. The highest BCUT2D eigenvalue weighted by molar-refractivity contribution is 6.02. The van der Waals surface area contributed by atoms with E-state index in [1.54, 1.807) is 26.4 Å². The molecule has 4 heteroatoms. The Labute approximate surface area is 136 Å². The number of carbonyl (C=O) groups is 1. The molecule has 0 unspecified atom stereocenters. The van der Waals surface area contributed by atoms with Gasteiger partial charge in [0.25, 0.3) is 0 Å². The van der Waals surface area contributed by atoms with Crippen molar-refractivity contribution in [3.05, 3.63) is 59.2 Å². The highest BCUT2D eigenvalue weighted by Crippen LogP contribution is 2.25. The van der Waals surface area contributed by atoms with E-state index in [-0.39, 0.29) is 5.91 Å². The Morgan fingerprint density at radius 1 is 1.09 bits per heavy atom. The van der Waals surface area contributed by atoms with E-state index >= 15 is 0 Å². The second kappa shape index (κ2) is 7.49. The van der Waals surface area contributed by atoms with Gasteiger partial charge in [0, 0.05) is 23.4 Å². The second-order valence-electron chi connectivity index (χ2n) is 5.18. The van der Waals surface area contributed by atoms with Crippen LogP contribution in [0.25, 0.3) is 6.08 Å². The van der Waals surface area contributed by atoms with E-state index < -0.39 is 0 Å². The Morgan fingerprint density at radius 2 is 1.87 bits per heavy atom. The largest absolute Gasteiger partial charge is 0.497 e. The van der Waals surface area contributed by atoms with Gasteiger partial charge in [-0.1, -0.05) is 12.1 Å². The maximum absolute atomic E-state index is 12.1. The number of amides is 1. The van der Waals surface area contributed by atoms with Crippen LogP contribution >= 0.6 is 0 Å². The molecule has 0 heterocycles. The minimum atomic E-state index is -0.184. The lowest BCUT2D eigenvalue weighted by molar-refractivity contribution is -0.111. The number of ether oxygens (including phenoxy) is 2. The molecule has 0 atom stereocenters. The number of hydrogen-bond donors (Lipinski definition) is 1. The smallest absolute Gasteiger partial charge is 0.248 e. The molecule has 2 rings (SSSR count). The molecule has 0 spiro atoms. The summed E-state index contributed by atoms with van der Waals surface area (Å²) in [5.74, 6) is 1.18. The van der Waals surface area contributed by atoms with Gasteiger partial charge < -0.3 is 14.8 Å². The number of anilines is 1. The predicted molar refractivity (Wildman–Crippen MR) is 93.1 cm³/mol. The molecule has 0 aromatic heterocycles. The van der Waals surface area contributed by atoms with Gasteiger partial charge in [0.1, 0.15) is 11.5 Å². The maximum Gasteiger partial charge on any atom is 0.248 e. The third kappa shape index (κ3) is 4.13. The zero-order chi connectivity index (χ0) is 16.8. The van der Waals surface area contributed by atoms with Crippen LogP contribution in [-0.4, -0.2) is 20.1 Å². The van der Waals surface area contributed by atoms with Crippen molar-refractivity contribution in [3.8, 4) is 11.5 Å². The van der Waals surface area contributed by atoms with Gasteiger partial charge in [-0.15, -0.1) is 0 Å². The van der Waals surface area contributed by atoms with Gasteiger partial charge in [-0.2, -0.15) is 0 Å². The fraction of sp³-hybridized carbons (Fsp3) is 0.211. The van der Waals surface area contributed by atoms with Gasteiger partial charge in [0.2, 0.25) is 5.91 Å². The third-order valence-electron chi connectivity index (χ3n) is 3.72. The quantitative estimate of drug-likeness (QED) is 0.850. The molecule has 0 aliphatic heterocycles. The first-order valence-corrected chi connectivity index (χ1v) is 7.32. The fourth-order valence-corrected chi connectivity index (χ4v) is 2.18. The van der Waals surface area contributed by atoms with Crippen LogP contribution in [0.2, 0.25) is 0 Å². The molecule has 0 radical (unpaired) electrons. The number of nitrogens with one attached hydrogen (secondary N) is 1. The average Bonchev–Trinajstić information content (AvgIpc) is 2.57. The fourth-order valence-electron chi connectivity index (χ4n) is 2.18. The van der Waals surface area contributed by atoms with Gasteiger partial charge in [0.05, 0.1) is 14.2 Å². The second-order valence-corrected chi connectivity index (χ2v) is 5.18. The molecular weight excluding hydrogens is 290 g/mol. The van der Waals surface area contributed by atoms with Crippen LogP contribution in [0.4, 0.5) is 5.69 Å². The van der Waals surface area contributed by atoms with Crippen LogP contribution in [0.15, 0.2) is 42.5 Å². The molecule has 1 N–H and O–H groups in total. The van der Waals surface area contributed by atoms with Gasteiger partial charge >= 0.3 is 0 Å². The average molecular weight is 311 g/mol. The number of carbonyl (C=O) groups excluding carboxylic acids is 1. The maximum atomic E-state index is 12.1. The van der Waals surface area contributed by atoms with E-state index in [0.29, 0.717) is 11.5 Å². The number of methoxy groups -OCH3 is 2. The monoisotopic (exact) mass is 311 g/mol. The summed E-state index contributed by atoms with van der Waals surface area (Å²) >= 11 is 0. The molecule has 1 amide bonds. The third-order valence-corrected chi connectivity index (χ3v) is 3.72. The molecule has 2 aromatic rings. The van der Waals surface area contributed by atoms with E-state index in [4.69, 9.17) is 9.47 Å². The van der Waals surface area contributed by atoms with Gasteiger partial charge in [0.15, 0.2) is 0 Å². The van der Waals surface area contributed by atoms with Crippen LogP contribution in [-0.2, 0) is 4.79 Å². The topological polar surface area (TPSA) is 47.6 Å².